The van der Waals surface area contributed by atoms with E-state index < -0.39 is 0 Å². The van der Waals surface area contributed by atoms with Crippen LogP contribution in [0.5, 0.6) is 0 Å². The highest BCUT2D eigenvalue weighted by Crippen LogP contribution is 2.09. The minimum absolute atomic E-state index is 0.0329. The summed E-state index contributed by atoms with van der Waals surface area (Å²) >= 11 is 0. The van der Waals surface area contributed by atoms with Gasteiger partial charge >= 0.3 is 0 Å². The summed E-state index contributed by atoms with van der Waals surface area (Å²) in [5.74, 6) is 0.0329. The average Bonchev–Trinajstić information content (AvgIpc) is 2.73. The maximum Gasteiger partial charge on any atom is 0.258 e. The van der Waals surface area contributed by atoms with Crippen molar-refractivity contribution >= 4 is 17.6 Å². The van der Waals surface area contributed by atoms with Crippen molar-refractivity contribution in [3.8, 4) is 0 Å². The highest BCUT2D eigenvalue weighted by molar-refractivity contribution is 5.91. The van der Waals surface area contributed by atoms with Gasteiger partial charge in [-0.3, -0.25) is 18.9 Å². The highest BCUT2D eigenvalue weighted by atomic mass is 16.2. The summed E-state index contributed by atoms with van der Waals surface area (Å²) < 4.78 is 1.54. The van der Waals surface area contributed by atoms with E-state index in [9.17, 15) is 9.59 Å². The Morgan fingerprint density at radius 1 is 1.00 bits per heavy atom. The molecule has 0 unspecified atom stereocenters. The molecule has 0 saturated carbocycles. The maximum atomic E-state index is 12.4. The van der Waals surface area contributed by atoms with Gasteiger partial charge in [0.25, 0.3) is 5.56 Å². The number of pyridine rings is 1. The third kappa shape index (κ3) is 4.18. The zero-order valence-corrected chi connectivity index (χ0v) is 15.6. The molecule has 1 aliphatic heterocycles. The molecule has 0 spiro atoms. The number of nitrogens with zero attached hydrogens (tertiary/aromatic N) is 4. The van der Waals surface area contributed by atoms with Gasteiger partial charge in [0.15, 0.2) is 0 Å². The molecule has 0 atom stereocenters. The molecule has 1 saturated heterocycles. The van der Waals surface area contributed by atoms with Crippen LogP contribution in [0, 0.1) is 0 Å². The van der Waals surface area contributed by atoms with Gasteiger partial charge in [0.05, 0.1) is 5.69 Å². The monoisotopic (exact) mass is 374 g/mol. The van der Waals surface area contributed by atoms with Crippen LogP contribution in [-0.2, 0) is 11.3 Å². The van der Waals surface area contributed by atoms with Crippen molar-refractivity contribution in [2.75, 3.05) is 26.2 Å². The molecule has 1 aromatic carbocycles. The number of benzene rings is 1. The van der Waals surface area contributed by atoms with E-state index in [2.05, 4.69) is 9.88 Å². The smallest absolute Gasteiger partial charge is 0.258 e. The zero-order chi connectivity index (χ0) is 19.3. The van der Waals surface area contributed by atoms with Crippen molar-refractivity contribution in [1.82, 2.24) is 19.2 Å². The number of carbonyl (C=O) groups is 1. The lowest BCUT2D eigenvalue weighted by atomic mass is 10.2. The van der Waals surface area contributed by atoms with E-state index in [0.717, 1.165) is 24.3 Å². The molecule has 0 radical (unpaired) electrons. The van der Waals surface area contributed by atoms with Crippen molar-refractivity contribution in [3.63, 3.8) is 0 Å². The molecule has 6 nitrogen and oxygen atoms in total. The summed E-state index contributed by atoms with van der Waals surface area (Å²) in [6.07, 6.45) is 5.21. The van der Waals surface area contributed by atoms with E-state index in [1.807, 2.05) is 59.5 Å². The second-order valence-electron chi connectivity index (χ2n) is 6.86. The van der Waals surface area contributed by atoms with E-state index >= 15 is 0 Å². The number of aromatic nitrogens is 2. The molecule has 2 aromatic heterocycles. The molecule has 1 aliphatic rings. The number of piperazine rings is 1. The van der Waals surface area contributed by atoms with Crippen molar-refractivity contribution in [3.05, 3.63) is 88.5 Å². The van der Waals surface area contributed by atoms with Gasteiger partial charge in [-0.25, -0.2) is 4.98 Å². The predicted molar refractivity (Wildman–Crippen MR) is 109 cm³/mol. The second kappa shape index (κ2) is 8.19. The molecular formula is C22H22N4O2. The Bertz CT molecular complexity index is 1050. The van der Waals surface area contributed by atoms with Crippen LogP contribution < -0.4 is 5.56 Å². The van der Waals surface area contributed by atoms with Gasteiger partial charge in [-0.2, -0.15) is 0 Å². The van der Waals surface area contributed by atoms with Crippen LogP contribution >= 0.6 is 0 Å². The normalized spacial score (nSPS) is 15.4. The first-order valence-corrected chi connectivity index (χ1v) is 9.41. The fourth-order valence-corrected chi connectivity index (χ4v) is 3.38. The van der Waals surface area contributed by atoms with Gasteiger partial charge < -0.3 is 4.90 Å². The largest absolute Gasteiger partial charge is 0.337 e. The lowest BCUT2D eigenvalue weighted by Gasteiger charge is -2.34. The third-order valence-electron chi connectivity index (χ3n) is 4.91. The minimum atomic E-state index is -0.0690. The quantitative estimate of drug-likeness (QED) is 0.656. The zero-order valence-electron chi connectivity index (χ0n) is 15.6. The average molecular weight is 374 g/mol. The molecule has 1 amide bonds. The number of carbonyl (C=O) groups excluding carboxylic acids is 1. The summed E-state index contributed by atoms with van der Waals surface area (Å²) in [6, 6.07) is 16.9. The van der Waals surface area contributed by atoms with Crippen molar-refractivity contribution in [2.24, 2.45) is 0 Å². The third-order valence-corrected chi connectivity index (χ3v) is 4.91. The minimum Gasteiger partial charge on any atom is -0.337 e. The van der Waals surface area contributed by atoms with Gasteiger partial charge in [-0.05, 0) is 23.8 Å². The first kappa shape index (κ1) is 18.1. The first-order chi connectivity index (χ1) is 13.7. The van der Waals surface area contributed by atoms with E-state index in [-0.39, 0.29) is 11.5 Å². The molecule has 28 heavy (non-hydrogen) atoms. The fraction of sp³-hybridized carbons (Fsp3) is 0.227. The van der Waals surface area contributed by atoms with Crippen LogP contribution in [0.25, 0.3) is 11.7 Å². The number of hydrogen-bond donors (Lipinski definition) is 0. The fourth-order valence-electron chi connectivity index (χ4n) is 3.38. The Morgan fingerprint density at radius 2 is 1.75 bits per heavy atom. The van der Waals surface area contributed by atoms with E-state index in [1.165, 1.54) is 0 Å². The van der Waals surface area contributed by atoms with Gasteiger partial charge in [0.2, 0.25) is 5.91 Å². The predicted octanol–water partition coefficient (Wildman–Crippen LogP) is 2.05. The van der Waals surface area contributed by atoms with E-state index in [1.54, 1.807) is 22.7 Å². The number of amides is 1. The van der Waals surface area contributed by atoms with Crippen molar-refractivity contribution < 1.29 is 4.79 Å². The highest BCUT2D eigenvalue weighted by Gasteiger charge is 2.20. The summed E-state index contributed by atoms with van der Waals surface area (Å²) in [4.78, 5) is 33.3. The van der Waals surface area contributed by atoms with Gasteiger partial charge in [-0.1, -0.05) is 36.4 Å². The van der Waals surface area contributed by atoms with Crippen molar-refractivity contribution in [1.29, 1.82) is 0 Å². The van der Waals surface area contributed by atoms with Gasteiger partial charge in [-0.15, -0.1) is 0 Å². The molecule has 4 rings (SSSR count). The Morgan fingerprint density at radius 3 is 2.54 bits per heavy atom. The Kier molecular flexibility index (Phi) is 5.30. The molecule has 6 heteroatoms. The molecule has 3 aromatic rings. The van der Waals surface area contributed by atoms with Crippen LogP contribution in [-0.4, -0.2) is 51.3 Å². The SMILES string of the molecule is O=C(C=Cc1ccccc1)N1CCN(Cc2cc(=O)n3ccccc3n2)CC1. The van der Waals surface area contributed by atoms with Crippen LogP contribution in [0.2, 0.25) is 0 Å². The van der Waals surface area contributed by atoms with Gasteiger partial charge in [0.1, 0.15) is 5.65 Å². The Labute approximate surface area is 163 Å². The summed E-state index contributed by atoms with van der Waals surface area (Å²) in [5.41, 5.74) is 2.37. The molecule has 0 bridgehead atoms. The van der Waals surface area contributed by atoms with Crippen LogP contribution in [0.15, 0.2) is 71.7 Å². The van der Waals surface area contributed by atoms with Gasteiger partial charge in [0, 0.05) is 51.1 Å². The molecular weight excluding hydrogens is 352 g/mol. The molecule has 3 heterocycles. The lowest BCUT2D eigenvalue weighted by Crippen LogP contribution is -2.48. The van der Waals surface area contributed by atoms with E-state index in [4.69, 9.17) is 0 Å². The van der Waals surface area contributed by atoms with Crippen LogP contribution in [0.4, 0.5) is 0 Å². The topological polar surface area (TPSA) is 57.9 Å². The first-order valence-electron chi connectivity index (χ1n) is 9.41. The van der Waals surface area contributed by atoms with Crippen LogP contribution in [0.1, 0.15) is 11.3 Å². The van der Waals surface area contributed by atoms with Crippen molar-refractivity contribution in [2.45, 2.75) is 6.54 Å². The Balaban J connectivity index is 1.35. The lowest BCUT2D eigenvalue weighted by molar-refractivity contribution is -0.127. The Hall–Kier alpha value is -3.25. The maximum absolute atomic E-state index is 12.4. The second-order valence-corrected chi connectivity index (χ2v) is 6.86. The molecule has 142 valence electrons. The summed E-state index contributed by atoms with van der Waals surface area (Å²) in [5, 5.41) is 0. The number of rotatable bonds is 4. The summed E-state index contributed by atoms with van der Waals surface area (Å²) in [7, 11) is 0. The molecule has 0 N–H and O–H groups in total. The van der Waals surface area contributed by atoms with E-state index in [0.29, 0.717) is 25.3 Å². The standard InChI is InChI=1S/C22H22N4O2/c27-21(10-9-18-6-2-1-3-7-18)25-14-12-24(13-15-25)17-19-16-22(28)26-11-5-4-8-20(26)23-19/h1-11,16H,12-15,17H2. The van der Waals surface area contributed by atoms with Crippen LogP contribution in [0.3, 0.4) is 0 Å². The number of fused-ring (bicyclic) bond motifs is 1. The molecule has 0 aliphatic carbocycles. The number of hydrogen-bond acceptors (Lipinski definition) is 4. The summed E-state index contributed by atoms with van der Waals surface area (Å²) in [6.45, 7) is 3.49. The molecule has 1 fully saturated rings.